The molecule has 7 heteroatoms. The van der Waals surface area contributed by atoms with E-state index in [4.69, 9.17) is 26.2 Å². The van der Waals surface area contributed by atoms with Crippen LogP contribution in [-0.2, 0) is 25.3 Å². The summed E-state index contributed by atoms with van der Waals surface area (Å²) in [5.74, 6) is 0.911. The van der Waals surface area contributed by atoms with Gasteiger partial charge in [-0.05, 0) is 19.6 Å². The van der Waals surface area contributed by atoms with Crippen LogP contribution in [0.1, 0.15) is 0 Å². The molecule has 0 bridgehead atoms. The van der Waals surface area contributed by atoms with Gasteiger partial charge in [0.15, 0.2) is 15.1 Å². The van der Waals surface area contributed by atoms with Crippen LogP contribution < -0.4 is 4.74 Å². The van der Waals surface area contributed by atoms with Gasteiger partial charge in [-0.3, -0.25) is 0 Å². The van der Waals surface area contributed by atoms with Crippen LogP contribution >= 0.6 is 17.0 Å². The Kier molecular flexibility index (Phi) is 13.6. The summed E-state index contributed by atoms with van der Waals surface area (Å²) in [6.07, 6.45) is 0. The predicted octanol–water partition coefficient (Wildman–Crippen LogP) is 9.62. The zero-order valence-electron chi connectivity index (χ0n) is 20.9. The minimum absolute atomic E-state index is 0.351. The summed E-state index contributed by atoms with van der Waals surface area (Å²) in [4.78, 5) is 0. The van der Waals surface area contributed by atoms with Crippen molar-refractivity contribution >= 4 is 67.2 Å². The Hall–Kier alpha value is -1.20. The van der Waals surface area contributed by atoms with Crippen LogP contribution in [-0.4, -0.2) is 24.6 Å². The fourth-order valence-corrected chi connectivity index (χ4v) is 3.83. The van der Waals surface area contributed by atoms with E-state index in [1.807, 2.05) is 18.2 Å². The molecule has 0 amide bonds. The number of halogens is 2. The molecule has 0 saturated heterocycles. The SMILES string of the molecule is C[Si](C)(C)OCOc1c[cH-]c2ccccc12.C[Si]C.[Cl][Zr+2][Cl].c1ccc2c(c1)[cH-]c1ccccc12. The van der Waals surface area contributed by atoms with E-state index in [9.17, 15) is 0 Å². The third-order valence-electron chi connectivity index (χ3n) is 4.87. The normalized spacial score (nSPS) is 10.4. The van der Waals surface area contributed by atoms with E-state index < -0.39 is 29.2 Å². The van der Waals surface area contributed by atoms with Crippen molar-refractivity contribution in [1.29, 1.82) is 0 Å². The van der Waals surface area contributed by atoms with Crippen LogP contribution in [0.4, 0.5) is 0 Å². The minimum atomic E-state index is -1.48. The molecule has 0 unspecified atom stereocenters. The molecule has 0 aromatic heterocycles. The second-order valence-corrected chi connectivity index (χ2v) is 17.9. The summed E-state index contributed by atoms with van der Waals surface area (Å²) >= 11 is -0.826. The smallest absolute Gasteiger partial charge is 0.0771 e. The van der Waals surface area contributed by atoms with E-state index in [-0.39, 0.29) is 0 Å². The number of hydrogen-bond acceptors (Lipinski definition) is 2. The molecule has 2 radical (unpaired) electrons. The van der Waals surface area contributed by atoms with Gasteiger partial charge in [0.25, 0.3) is 0 Å². The third-order valence-corrected chi connectivity index (χ3v) is 5.85. The molecule has 5 aromatic carbocycles. The van der Waals surface area contributed by atoms with Gasteiger partial charge in [0.2, 0.25) is 0 Å². The van der Waals surface area contributed by atoms with Crippen molar-refractivity contribution in [3.8, 4) is 5.75 Å². The van der Waals surface area contributed by atoms with Gasteiger partial charge in [-0.2, -0.15) is 0 Å². The molecule has 0 aliphatic heterocycles. The zero-order valence-corrected chi connectivity index (χ0v) is 26.9. The first-order chi connectivity index (χ1) is 16.8. The molecule has 0 aliphatic rings. The topological polar surface area (TPSA) is 18.5 Å². The summed E-state index contributed by atoms with van der Waals surface area (Å²) in [6, 6.07) is 31.5. The average molecular weight is 619 g/mol. The molecule has 5 rings (SSSR count). The van der Waals surface area contributed by atoms with Gasteiger partial charge in [0.1, 0.15) is 0 Å². The van der Waals surface area contributed by atoms with Gasteiger partial charge in [0, 0.05) is 15.3 Å². The molecular weight excluding hydrogens is 587 g/mol. The predicted molar refractivity (Wildman–Crippen MR) is 156 cm³/mol. The maximum Gasteiger partial charge on any atom is -0.0771 e. The molecule has 0 fully saturated rings. The Morgan fingerprint density at radius 2 is 1.20 bits per heavy atom. The van der Waals surface area contributed by atoms with Gasteiger partial charge in [-0.25, -0.2) is 0 Å². The summed E-state index contributed by atoms with van der Waals surface area (Å²) in [6.45, 7) is 11.1. The third kappa shape index (κ3) is 9.99. The molecular formula is C28H32Cl2O2Si2Zr. The summed E-state index contributed by atoms with van der Waals surface area (Å²) in [5.41, 5.74) is 0. The largest absolute Gasteiger partial charge is 0.126 e. The second kappa shape index (κ2) is 15.8. The first kappa shape index (κ1) is 30.0. The molecule has 2 nitrogen and oxygen atoms in total. The maximum absolute atomic E-state index is 5.67. The Morgan fingerprint density at radius 3 is 1.69 bits per heavy atom. The molecule has 5 aromatic rings. The Morgan fingerprint density at radius 1 is 0.771 bits per heavy atom. The van der Waals surface area contributed by atoms with Gasteiger partial charge < -0.3 is 9.16 Å². The molecule has 0 aliphatic carbocycles. The number of benzene rings is 3. The fourth-order valence-electron chi connectivity index (χ4n) is 3.42. The molecule has 35 heavy (non-hydrogen) atoms. The van der Waals surface area contributed by atoms with Gasteiger partial charge >= 0.3 is 37.9 Å². The molecule has 0 saturated carbocycles. The Bertz CT molecular complexity index is 1230. The van der Waals surface area contributed by atoms with Crippen LogP contribution in [0.5, 0.6) is 5.75 Å². The van der Waals surface area contributed by atoms with E-state index in [0.29, 0.717) is 6.79 Å². The quantitative estimate of drug-likeness (QED) is 0.113. The number of hydrogen-bond donors (Lipinski definition) is 0. The molecule has 0 heterocycles. The summed E-state index contributed by atoms with van der Waals surface area (Å²) in [7, 11) is 9.47. The number of ether oxygens (including phenoxy) is 1. The van der Waals surface area contributed by atoms with E-state index in [2.05, 4.69) is 106 Å². The van der Waals surface area contributed by atoms with Gasteiger partial charge in [0.05, 0.1) is 0 Å². The van der Waals surface area contributed by atoms with Crippen LogP contribution in [0.25, 0.3) is 32.3 Å². The van der Waals surface area contributed by atoms with Crippen molar-refractivity contribution in [2.45, 2.75) is 32.7 Å². The Labute approximate surface area is 231 Å². The fraction of sp³-hybridized carbons (Fsp3) is 0.214. The van der Waals surface area contributed by atoms with Crippen molar-refractivity contribution in [1.82, 2.24) is 0 Å². The van der Waals surface area contributed by atoms with Crippen molar-refractivity contribution in [2.75, 3.05) is 6.79 Å². The average Bonchev–Trinajstić information content (AvgIpc) is 3.41. The molecule has 0 atom stereocenters. The van der Waals surface area contributed by atoms with E-state index >= 15 is 0 Å². The van der Waals surface area contributed by atoms with Gasteiger partial charge in [-0.15, -0.1) is 75.5 Å². The van der Waals surface area contributed by atoms with Crippen molar-refractivity contribution < 1.29 is 30.0 Å². The molecule has 0 spiro atoms. The zero-order chi connectivity index (χ0) is 25.7. The first-order valence-corrected chi connectivity index (χ1v) is 23.1. The van der Waals surface area contributed by atoms with E-state index in [0.717, 1.165) is 20.7 Å². The van der Waals surface area contributed by atoms with Crippen LogP contribution in [0, 0.1) is 0 Å². The van der Waals surface area contributed by atoms with Crippen molar-refractivity contribution in [3.63, 3.8) is 0 Å². The summed E-state index contributed by atoms with van der Waals surface area (Å²) in [5, 5.41) is 7.76. The second-order valence-electron chi connectivity index (χ2n) is 8.69. The maximum atomic E-state index is 5.67. The van der Waals surface area contributed by atoms with Crippen molar-refractivity contribution in [3.05, 3.63) is 91.0 Å². The van der Waals surface area contributed by atoms with Crippen LogP contribution in [0.3, 0.4) is 0 Å². The monoisotopic (exact) mass is 616 g/mol. The van der Waals surface area contributed by atoms with Crippen LogP contribution in [0.2, 0.25) is 32.7 Å². The van der Waals surface area contributed by atoms with E-state index in [1.54, 1.807) is 0 Å². The molecule has 182 valence electrons. The van der Waals surface area contributed by atoms with Crippen LogP contribution in [0.15, 0.2) is 91.0 Å². The first-order valence-electron chi connectivity index (χ1n) is 11.3. The standard InChI is InChI=1S/C13H17O2Si.C13H9.C2H6Si.2ClH.Zr/c1-16(2,3)15-10-14-13-9-8-11-6-4-5-7-12(11)13;1-3-7-12-10(5-1)9-11-6-2-4-8-13(11)12;1-3-2;;;/h4-9H,10H2,1-3H3;1-9H;1-2H3;2*1H;/q2*-1;;;;+4/p-2. The number of fused-ring (bicyclic) bond motifs is 4. The molecule has 0 N–H and O–H groups in total. The van der Waals surface area contributed by atoms with E-state index in [1.165, 1.54) is 26.9 Å². The van der Waals surface area contributed by atoms with Crippen molar-refractivity contribution in [2.24, 2.45) is 0 Å². The van der Waals surface area contributed by atoms with Gasteiger partial charge in [-0.1, -0.05) is 60.9 Å². The Balaban J connectivity index is 0.000000204. The summed E-state index contributed by atoms with van der Waals surface area (Å²) < 4.78 is 11.3. The minimum Gasteiger partial charge on any atom is -0.126 e. The number of rotatable bonds is 4.